The van der Waals surface area contributed by atoms with Crippen LogP contribution >= 0.6 is 0 Å². The van der Waals surface area contributed by atoms with Gasteiger partial charge in [-0.15, -0.1) is 0 Å². The zero-order valence-electron chi connectivity index (χ0n) is 18.8. The molecule has 0 amide bonds. The van der Waals surface area contributed by atoms with Crippen molar-refractivity contribution in [2.24, 2.45) is 0 Å². The Hall–Kier alpha value is -4.57. The maximum absolute atomic E-state index is 5.06. The fraction of sp³-hybridized carbons (Fsp3) is 0.0645. The SMILES string of the molecule is c1ccc2c(c1)Cc1cc3c(cc1-2)-c1c(ccc2c1c1ncccc1n1c4cnccc4nc21)C3. The Bertz CT molecular complexity index is 2070. The second-order valence-corrected chi connectivity index (χ2v) is 9.71. The average Bonchev–Trinajstić information content (AvgIpc) is 3.58. The molecular formula is C31H18N4. The van der Waals surface area contributed by atoms with Crippen LogP contribution in [0.1, 0.15) is 22.3 Å². The maximum atomic E-state index is 5.06. The predicted octanol–water partition coefficient (Wildman–Crippen LogP) is 6.73. The number of hydrogen-bond donors (Lipinski definition) is 0. The van der Waals surface area contributed by atoms with Gasteiger partial charge in [0.2, 0.25) is 0 Å². The maximum Gasteiger partial charge on any atom is 0.146 e. The highest BCUT2D eigenvalue weighted by molar-refractivity contribution is 6.19. The Morgan fingerprint density at radius 3 is 2.60 bits per heavy atom. The Morgan fingerprint density at radius 1 is 0.686 bits per heavy atom. The van der Waals surface area contributed by atoms with Gasteiger partial charge in [0.05, 0.1) is 28.3 Å². The van der Waals surface area contributed by atoms with Crippen molar-refractivity contribution < 1.29 is 0 Å². The van der Waals surface area contributed by atoms with E-state index in [0.717, 1.165) is 45.9 Å². The van der Waals surface area contributed by atoms with E-state index in [0.29, 0.717) is 0 Å². The van der Waals surface area contributed by atoms with Crippen LogP contribution in [0.5, 0.6) is 0 Å². The van der Waals surface area contributed by atoms with Crippen molar-refractivity contribution in [3.63, 3.8) is 0 Å². The van der Waals surface area contributed by atoms with E-state index in [2.05, 4.69) is 64.0 Å². The summed E-state index contributed by atoms with van der Waals surface area (Å²) in [6.45, 7) is 0. The van der Waals surface area contributed by atoms with E-state index < -0.39 is 0 Å². The van der Waals surface area contributed by atoms with Crippen LogP contribution in [0.25, 0.3) is 60.7 Å². The number of pyridine rings is 3. The molecule has 0 radical (unpaired) electrons. The molecule has 0 fully saturated rings. The van der Waals surface area contributed by atoms with Gasteiger partial charge in [-0.2, -0.15) is 0 Å². The minimum atomic E-state index is 0.952. The topological polar surface area (TPSA) is 43.1 Å². The van der Waals surface area contributed by atoms with Crippen molar-refractivity contribution in [1.82, 2.24) is 19.4 Å². The van der Waals surface area contributed by atoms with Gasteiger partial charge >= 0.3 is 0 Å². The first-order valence-corrected chi connectivity index (χ1v) is 12.0. The molecule has 0 aliphatic heterocycles. The van der Waals surface area contributed by atoms with Gasteiger partial charge < -0.3 is 0 Å². The molecule has 0 saturated heterocycles. The highest BCUT2D eigenvalue weighted by Gasteiger charge is 2.28. The van der Waals surface area contributed by atoms with Crippen LogP contribution in [0.15, 0.2) is 85.3 Å². The third kappa shape index (κ3) is 2.15. The Morgan fingerprint density at radius 2 is 1.60 bits per heavy atom. The second-order valence-electron chi connectivity index (χ2n) is 9.71. The van der Waals surface area contributed by atoms with E-state index in [1.54, 1.807) is 0 Å². The lowest BCUT2D eigenvalue weighted by Gasteiger charge is -2.13. The van der Waals surface area contributed by atoms with Crippen LogP contribution in [0.3, 0.4) is 0 Å². The largest absolute Gasteiger partial charge is 0.289 e. The number of fused-ring (bicyclic) bond motifs is 15. The molecule has 0 saturated carbocycles. The highest BCUT2D eigenvalue weighted by Crippen LogP contribution is 2.48. The molecule has 0 unspecified atom stereocenters. The molecule has 2 aliphatic rings. The minimum absolute atomic E-state index is 0.952. The quantitative estimate of drug-likeness (QED) is 0.243. The molecular weight excluding hydrogens is 428 g/mol. The summed E-state index contributed by atoms with van der Waals surface area (Å²) >= 11 is 0. The van der Waals surface area contributed by atoms with Crippen molar-refractivity contribution >= 4 is 38.5 Å². The fourth-order valence-electron chi connectivity index (χ4n) is 6.47. The molecule has 162 valence electrons. The van der Waals surface area contributed by atoms with Crippen molar-refractivity contribution in [3.05, 3.63) is 108 Å². The van der Waals surface area contributed by atoms with E-state index in [1.807, 2.05) is 30.7 Å². The highest BCUT2D eigenvalue weighted by atomic mass is 15.0. The summed E-state index contributed by atoms with van der Waals surface area (Å²) in [5, 5.41) is 2.35. The van der Waals surface area contributed by atoms with E-state index in [-0.39, 0.29) is 0 Å². The molecule has 7 aromatic rings. The fourth-order valence-corrected chi connectivity index (χ4v) is 6.47. The molecule has 0 spiro atoms. The molecule has 2 aliphatic carbocycles. The zero-order valence-corrected chi connectivity index (χ0v) is 18.8. The Balaban J connectivity index is 1.46. The summed E-state index contributed by atoms with van der Waals surface area (Å²) in [5.74, 6) is 0. The average molecular weight is 447 g/mol. The zero-order chi connectivity index (χ0) is 22.7. The van der Waals surface area contributed by atoms with Gasteiger partial charge in [-0.25, -0.2) is 4.98 Å². The number of aromatic nitrogens is 4. The van der Waals surface area contributed by atoms with Gasteiger partial charge in [0.25, 0.3) is 0 Å². The first-order valence-electron chi connectivity index (χ1n) is 12.0. The second kappa shape index (κ2) is 6.10. The predicted molar refractivity (Wildman–Crippen MR) is 140 cm³/mol. The molecule has 35 heavy (non-hydrogen) atoms. The summed E-state index contributed by atoms with van der Waals surface area (Å²) in [6, 6.07) is 24.4. The van der Waals surface area contributed by atoms with Crippen LogP contribution in [0.4, 0.5) is 0 Å². The summed E-state index contributed by atoms with van der Waals surface area (Å²) < 4.78 is 2.22. The molecule has 4 nitrogen and oxygen atoms in total. The van der Waals surface area contributed by atoms with Crippen molar-refractivity contribution in [1.29, 1.82) is 0 Å². The smallest absolute Gasteiger partial charge is 0.146 e. The molecule has 4 aromatic heterocycles. The summed E-state index contributed by atoms with van der Waals surface area (Å²) in [6.07, 6.45) is 7.60. The Labute approximate surface area is 200 Å². The van der Waals surface area contributed by atoms with Gasteiger partial charge in [0.1, 0.15) is 5.65 Å². The van der Waals surface area contributed by atoms with Crippen LogP contribution < -0.4 is 0 Å². The van der Waals surface area contributed by atoms with Gasteiger partial charge in [-0.3, -0.25) is 14.4 Å². The molecule has 9 rings (SSSR count). The lowest BCUT2D eigenvalue weighted by atomic mass is 9.94. The van der Waals surface area contributed by atoms with Crippen LogP contribution in [0, 0.1) is 0 Å². The first kappa shape index (κ1) is 17.8. The summed E-state index contributed by atoms with van der Waals surface area (Å²) in [4.78, 5) is 14.4. The lowest BCUT2D eigenvalue weighted by Crippen LogP contribution is -1.95. The van der Waals surface area contributed by atoms with E-state index in [4.69, 9.17) is 9.97 Å². The molecule has 0 bridgehead atoms. The molecule has 0 atom stereocenters. The van der Waals surface area contributed by atoms with Crippen LogP contribution in [0.2, 0.25) is 0 Å². The van der Waals surface area contributed by atoms with Crippen LogP contribution in [-0.4, -0.2) is 19.4 Å². The number of benzene rings is 3. The molecule has 0 N–H and O–H groups in total. The Kier molecular flexibility index (Phi) is 3.11. The van der Waals surface area contributed by atoms with E-state index >= 15 is 0 Å². The third-order valence-corrected chi connectivity index (χ3v) is 7.92. The summed E-state index contributed by atoms with van der Waals surface area (Å²) in [7, 11) is 0. The number of rotatable bonds is 0. The van der Waals surface area contributed by atoms with Gasteiger partial charge in [-0.1, -0.05) is 42.5 Å². The van der Waals surface area contributed by atoms with E-state index in [9.17, 15) is 0 Å². The van der Waals surface area contributed by atoms with Crippen molar-refractivity contribution in [2.75, 3.05) is 0 Å². The summed E-state index contributed by atoms with van der Waals surface area (Å²) in [5.41, 5.74) is 16.1. The van der Waals surface area contributed by atoms with Crippen molar-refractivity contribution in [3.8, 4) is 22.3 Å². The number of imidazole rings is 1. The van der Waals surface area contributed by atoms with Gasteiger partial charge in [0.15, 0.2) is 0 Å². The van der Waals surface area contributed by atoms with Gasteiger partial charge in [-0.05, 0) is 81.6 Å². The lowest BCUT2D eigenvalue weighted by molar-refractivity contribution is 1.21. The first-order chi connectivity index (χ1) is 17.3. The minimum Gasteiger partial charge on any atom is -0.289 e. The standard InChI is InChI=1S/C31H18N4/c1-2-5-21-17(4-1)12-19-14-20-13-18-7-8-22-29(28(18)24(20)15-23(19)21)30-26(6-3-10-33-30)35-27-16-32-11-9-25(27)34-31(22)35/h1-11,14-16H,12-13H2. The van der Waals surface area contributed by atoms with Gasteiger partial charge in [0, 0.05) is 23.2 Å². The molecule has 4 heterocycles. The normalized spacial score (nSPS) is 13.5. The van der Waals surface area contributed by atoms with Crippen molar-refractivity contribution in [2.45, 2.75) is 12.8 Å². The molecule has 4 heteroatoms. The number of hydrogen-bond acceptors (Lipinski definition) is 3. The third-order valence-electron chi connectivity index (χ3n) is 7.92. The number of nitrogens with zero attached hydrogens (tertiary/aromatic N) is 4. The monoisotopic (exact) mass is 446 g/mol. The molecule has 3 aromatic carbocycles. The van der Waals surface area contributed by atoms with E-state index in [1.165, 1.54) is 49.9 Å². The van der Waals surface area contributed by atoms with Crippen LogP contribution in [-0.2, 0) is 12.8 Å².